The first kappa shape index (κ1) is 12.9. The van der Waals surface area contributed by atoms with E-state index in [1.54, 1.807) is 23.1 Å². The van der Waals surface area contributed by atoms with Gasteiger partial charge >= 0.3 is 0 Å². The van der Waals surface area contributed by atoms with Crippen LogP contribution in [-0.2, 0) is 0 Å². The van der Waals surface area contributed by atoms with Crippen LogP contribution in [0, 0.1) is 0 Å². The summed E-state index contributed by atoms with van der Waals surface area (Å²) in [6.07, 6.45) is 1.18. The van der Waals surface area contributed by atoms with E-state index in [4.69, 9.17) is 11.6 Å². The van der Waals surface area contributed by atoms with Gasteiger partial charge in [0.1, 0.15) is 0 Å². The monoisotopic (exact) mass is 317 g/mol. The van der Waals surface area contributed by atoms with E-state index >= 15 is 0 Å². The number of hydrogen-bond acceptors (Lipinski definition) is 2. The predicted octanol–water partition coefficient (Wildman–Crippen LogP) is 2.70. The number of aliphatic hydroxyl groups is 1. The Labute approximate surface area is 114 Å². The number of halogens is 2. The first-order valence-corrected chi connectivity index (χ1v) is 6.67. The molecule has 1 saturated heterocycles. The van der Waals surface area contributed by atoms with E-state index in [2.05, 4.69) is 15.9 Å². The molecule has 0 aromatic heterocycles. The lowest BCUT2D eigenvalue weighted by molar-refractivity contribution is 0.0474. The molecule has 0 radical (unpaired) electrons. The highest BCUT2D eigenvalue weighted by Crippen LogP contribution is 2.23. The van der Waals surface area contributed by atoms with Crippen molar-refractivity contribution in [2.45, 2.75) is 18.9 Å². The molecule has 1 aromatic rings. The summed E-state index contributed by atoms with van der Waals surface area (Å²) in [6.45, 7) is 1.08. The molecule has 0 saturated carbocycles. The van der Waals surface area contributed by atoms with E-state index in [1.165, 1.54) is 0 Å². The maximum absolute atomic E-state index is 12.2. The van der Waals surface area contributed by atoms with Crippen molar-refractivity contribution in [2.75, 3.05) is 13.1 Å². The summed E-state index contributed by atoms with van der Waals surface area (Å²) in [5.74, 6) is -0.110. The summed E-state index contributed by atoms with van der Waals surface area (Å²) in [7, 11) is 0. The second-order valence-corrected chi connectivity index (χ2v) is 5.49. The summed E-state index contributed by atoms with van der Waals surface area (Å²) < 4.78 is 0.845. The fraction of sp³-hybridized carbons (Fsp3) is 0.417. The van der Waals surface area contributed by atoms with E-state index in [-0.39, 0.29) is 5.91 Å². The van der Waals surface area contributed by atoms with Crippen molar-refractivity contribution in [3.05, 3.63) is 33.3 Å². The lowest BCUT2D eigenvalue weighted by Crippen LogP contribution is -2.42. The van der Waals surface area contributed by atoms with Crippen LogP contribution in [0.5, 0.6) is 0 Å². The Bertz CT molecular complexity index is 439. The third-order valence-corrected chi connectivity index (χ3v) is 3.65. The Morgan fingerprint density at radius 2 is 2.29 bits per heavy atom. The molecule has 92 valence electrons. The van der Waals surface area contributed by atoms with Crippen molar-refractivity contribution >= 4 is 33.4 Å². The largest absolute Gasteiger partial charge is 0.391 e. The number of benzene rings is 1. The molecule has 1 atom stereocenters. The standard InChI is InChI=1S/C12H13BrClNO2/c13-8-3-4-10(11(14)6-8)12(17)15-5-1-2-9(16)7-15/h3-4,6,9,16H,1-2,5,7H2/t9-/m0/s1. The maximum atomic E-state index is 12.2. The fourth-order valence-corrected chi connectivity index (χ4v) is 2.73. The van der Waals surface area contributed by atoms with Crippen LogP contribution >= 0.6 is 27.5 Å². The zero-order valence-electron chi connectivity index (χ0n) is 9.20. The summed E-state index contributed by atoms with van der Waals surface area (Å²) in [5, 5.41) is 9.99. The molecular weight excluding hydrogens is 305 g/mol. The number of rotatable bonds is 1. The van der Waals surface area contributed by atoms with Gasteiger partial charge < -0.3 is 10.0 Å². The number of nitrogens with zero attached hydrogens (tertiary/aromatic N) is 1. The average Bonchev–Trinajstić information content (AvgIpc) is 2.28. The molecule has 0 aliphatic carbocycles. The minimum absolute atomic E-state index is 0.110. The highest BCUT2D eigenvalue weighted by atomic mass is 79.9. The summed E-state index contributed by atoms with van der Waals surface area (Å²) in [4.78, 5) is 13.8. The van der Waals surface area contributed by atoms with Gasteiger partial charge in [0.05, 0.1) is 16.7 Å². The molecule has 0 spiro atoms. The lowest BCUT2D eigenvalue weighted by atomic mass is 10.1. The number of likely N-dealkylation sites (tertiary alicyclic amines) is 1. The lowest BCUT2D eigenvalue weighted by Gasteiger charge is -2.30. The molecule has 1 heterocycles. The quantitative estimate of drug-likeness (QED) is 0.865. The van der Waals surface area contributed by atoms with E-state index in [0.29, 0.717) is 23.7 Å². The van der Waals surface area contributed by atoms with Crippen molar-refractivity contribution in [1.29, 1.82) is 0 Å². The molecule has 0 bridgehead atoms. The molecule has 1 aliphatic heterocycles. The van der Waals surface area contributed by atoms with E-state index < -0.39 is 6.10 Å². The Hall–Kier alpha value is -0.580. The molecule has 3 nitrogen and oxygen atoms in total. The first-order chi connectivity index (χ1) is 8.08. The molecule has 1 amide bonds. The third kappa shape index (κ3) is 3.00. The van der Waals surface area contributed by atoms with Crippen LogP contribution in [0.25, 0.3) is 0 Å². The average molecular weight is 319 g/mol. The molecule has 2 rings (SSSR count). The Morgan fingerprint density at radius 1 is 1.53 bits per heavy atom. The van der Waals surface area contributed by atoms with Crippen LogP contribution in [0.15, 0.2) is 22.7 Å². The van der Waals surface area contributed by atoms with Gasteiger partial charge in [-0.15, -0.1) is 0 Å². The van der Waals surface area contributed by atoms with E-state index in [0.717, 1.165) is 17.3 Å². The Balaban J connectivity index is 2.18. The molecule has 1 N–H and O–H groups in total. The van der Waals surface area contributed by atoms with Gasteiger partial charge in [-0.1, -0.05) is 27.5 Å². The smallest absolute Gasteiger partial charge is 0.255 e. The first-order valence-electron chi connectivity index (χ1n) is 5.50. The topological polar surface area (TPSA) is 40.5 Å². The Kier molecular flexibility index (Phi) is 4.07. The molecular formula is C12H13BrClNO2. The van der Waals surface area contributed by atoms with Gasteiger partial charge in [0, 0.05) is 17.6 Å². The highest BCUT2D eigenvalue weighted by molar-refractivity contribution is 9.10. The normalized spacial score (nSPS) is 20.4. The fourth-order valence-electron chi connectivity index (χ4n) is 1.97. The van der Waals surface area contributed by atoms with Crippen LogP contribution in [0.3, 0.4) is 0 Å². The number of aliphatic hydroxyl groups excluding tert-OH is 1. The molecule has 1 aliphatic rings. The van der Waals surface area contributed by atoms with Crippen LogP contribution in [0.2, 0.25) is 5.02 Å². The number of carbonyl (C=O) groups excluding carboxylic acids is 1. The molecule has 1 aromatic carbocycles. The summed E-state index contributed by atoms with van der Waals surface area (Å²) >= 11 is 9.34. The number of amides is 1. The number of piperidine rings is 1. The van der Waals surface area contributed by atoms with Crippen LogP contribution in [0.4, 0.5) is 0 Å². The van der Waals surface area contributed by atoms with Crippen molar-refractivity contribution in [1.82, 2.24) is 4.90 Å². The number of carbonyl (C=O) groups is 1. The van der Waals surface area contributed by atoms with Gasteiger partial charge in [-0.05, 0) is 31.0 Å². The van der Waals surface area contributed by atoms with Crippen molar-refractivity contribution in [3.63, 3.8) is 0 Å². The van der Waals surface area contributed by atoms with Gasteiger partial charge in [-0.3, -0.25) is 4.79 Å². The molecule has 17 heavy (non-hydrogen) atoms. The zero-order valence-corrected chi connectivity index (χ0v) is 11.5. The summed E-state index contributed by atoms with van der Waals surface area (Å²) in [5.41, 5.74) is 0.490. The number of hydrogen-bond donors (Lipinski definition) is 1. The van der Waals surface area contributed by atoms with Crippen molar-refractivity contribution < 1.29 is 9.90 Å². The van der Waals surface area contributed by atoms with Gasteiger partial charge in [0.2, 0.25) is 0 Å². The third-order valence-electron chi connectivity index (χ3n) is 2.85. The second-order valence-electron chi connectivity index (χ2n) is 4.17. The van der Waals surface area contributed by atoms with E-state index in [9.17, 15) is 9.90 Å². The van der Waals surface area contributed by atoms with Gasteiger partial charge in [0.25, 0.3) is 5.91 Å². The van der Waals surface area contributed by atoms with E-state index in [1.807, 2.05) is 0 Å². The van der Waals surface area contributed by atoms with Crippen LogP contribution in [-0.4, -0.2) is 35.1 Å². The van der Waals surface area contributed by atoms with Crippen molar-refractivity contribution in [3.8, 4) is 0 Å². The van der Waals surface area contributed by atoms with Crippen LogP contribution in [0.1, 0.15) is 23.2 Å². The molecule has 0 unspecified atom stereocenters. The maximum Gasteiger partial charge on any atom is 0.255 e. The minimum Gasteiger partial charge on any atom is -0.391 e. The molecule has 1 fully saturated rings. The zero-order chi connectivity index (χ0) is 12.4. The molecule has 5 heteroatoms. The van der Waals surface area contributed by atoms with Crippen molar-refractivity contribution in [2.24, 2.45) is 0 Å². The number of β-amino-alcohol motifs (C(OH)–C–C–N with tert-alkyl or cyclic N) is 1. The van der Waals surface area contributed by atoms with Gasteiger partial charge in [0.15, 0.2) is 0 Å². The van der Waals surface area contributed by atoms with Gasteiger partial charge in [-0.25, -0.2) is 0 Å². The SMILES string of the molecule is O=C(c1ccc(Br)cc1Cl)N1CCC[C@H](O)C1. The Morgan fingerprint density at radius 3 is 2.94 bits per heavy atom. The highest BCUT2D eigenvalue weighted by Gasteiger charge is 2.24. The second kappa shape index (κ2) is 5.38. The predicted molar refractivity (Wildman–Crippen MR) is 70.3 cm³/mol. The van der Waals surface area contributed by atoms with Crippen LogP contribution < -0.4 is 0 Å². The minimum atomic E-state index is -0.415. The van der Waals surface area contributed by atoms with Gasteiger partial charge in [-0.2, -0.15) is 0 Å². The summed E-state index contributed by atoms with van der Waals surface area (Å²) in [6, 6.07) is 5.20.